The molecule has 0 N–H and O–H groups in total. The van der Waals surface area contributed by atoms with Gasteiger partial charge in [0.05, 0.1) is 57.9 Å². The molecule has 0 fully saturated rings. The van der Waals surface area contributed by atoms with Crippen molar-refractivity contribution in [2.45, 2.75) is 30.4 Å². The quantitative estimate of drug-likeness (QED) is 0.169. The normalized spacial score (nSPS) is 11.3. The highest BCUT2D eigenvalue weighted by Crippen LogP contribution is 2.29. The van der Waals surface area contributed by atoms with Crippen molar-refractivity contribution in [3.8, 4) is 0 Å². The molecular formula is C21H24O5S4. The summed E-state index contributed by atoms with van der Waals surface area (Å²) in [5.41, 5.74) is 0. The average molecular weight is 485 g/mol. The molecule has 30 heavy (non-hydrogen) atoms. The van der Waals surface area contributed by atoms with Crippen molar-refractivity contribution in [3.63, 3.8) is 0 Å². The Morgan fingerprint density at radius 2 is 1.03 bits per heavy atom. The van der Waals surface area contributed by atoms with Crippen molar-refractivity contribution < 1.29 is 21.9 Å². The molecule has 0 saturated heterocycles. The second kappa shape index (κ2) is 14.3. The zero-order chi connectivity index (χ0) is 20.2. The molecule has 4 heterocycles. The van der Waals surface area contributed by atoms with Gasteiger partial charge in [-0.05, 0) is 48.5 Å². The minimum Gasteiger partial charge on any atom is -0.468 e. The fourth-order valence-electron chi connectivity index (χ4n) is 2.06. The number of rotatable bonds is 10. The van der Waals surface area contributed by atoms with Crippen LogP contribution in [0.2, 0.25) is 0 Å². The van der Waals surface area contributed by atoms with E-state index in [0.717, 1.165) is 34.5 Å². The van der Waals surface area contributed by atoms with E-state index in [4.69, 9.17) is 17.7 Å². The Bertz CT molecular complexity index is 865. The molecule has 9 heteroatoms. The molecule has 0 saturated carbocycles. The molecule has 0 aliphatic rings. The average Bonchev–Trinajstić information content (AvgIpc) is 3.53. The molecule has 1 atom stereocenters. The predicted octanol–water partition coefficient (Wildman–Crippen LogP) is 7.56. The largest absolute Gasteiger partial charge is 0.468 e. The first-order valence-corrected chi connectivity index (χ1v) is 14.0. The van der Waals surface area contributed by atoms with E-state index in [-0.39, 0.29) is 7.43 Å². The number of hydrogen-bond acceptors (Lipinski definition) is 8. The van der Waals surface area contributed by atoms with Crippen molar-refractivity contribution in [1.29, 1.82) is 0 Å². The van der Waals surface area contributed by atoms with Crippen LogP contribution in [0.15, 0.2) is 91.3 Å². The van der Waals surface area contributed by atoms with Gasteiger partial charge >= 0.3 is 0 Å². The Kier molecular flexibility index (Phi) is 11.8. The summed E-state index contributed by atoms with van der Waals surface area (Å²) in [5, 5.41) is 0. The first-order chi connectivity index (χ1) is 14.3. The molecule has 0 aliphatic carbocycles. The van der Waals surface area contributed by atoms with E-state index in [1.54, 1.807) is 52.7 Å². The summed E-state index contributed by atoms with van der Waals surface area (Å²) in [6, 6.07) is 15.1. The van der Waals surface area contributed by atoms with Crippen LogP contribution in [0.4, 0.5) is 0 Å². The Morgan fingerprint density at radius 3 is 1.43 bits per heavy atom. The molecule has 4 rings (SSSR count). The van der Waals surface area contributed by atoms with Gasteiger partial charge in [0.15, 0.2) is 0 Å². The smallest absolute Gasteiger partial charge is 0.117 e. The standard InChI is InChI=1S/C10H10O3S2.C10H10O2S2.CH4/c11-15(8-10-4-2-6-13-10)14-7-9-3-1-5-12-9;1-3-9(11-5-1)7-13-14-8-10-4-2-6-12-10;/h1-6H,7-8H2;1-6H,7-8H2;1H4. The maximum Gasteiger partial charge on any atom is 0.117 e. The molecule has 4 aromatic heterocycles. The molecule has 162 valence electrons. The van der Waals surface area contributed by atoms with Gasteiger partial charge in [0, 0.05) is 0 Å². The predicted molar refractivity (Wildman–Crippen MR) is 127 cm³/mol. The molecule has 4 aromatic rings. The van der Waals surface area contributed by atoms with E-state index < -0.39 is 9.83 Å². The summed E-state index contributed by atoms with van der Waals surface area (Å²) >= 11 is 0. The summed E-state index contributed by atoms with van der Waals surface area (Å²) < 4.78 is 32.3. The van der Waals surface area contributed by atoms with Crippen LogP contribution in [0.1, 0.15) is 30.5 Å². The van der Waals surface area contributed by atoms with Gasteiger partial charge in [0.1, 0.15) is 23.0 Å². The SMILES string of the molecule is C.O=S(Cc1ccco1)SCc1ccco1.c1coc(CSSCc2ccco2)c1. The van der Waals surface area contributed by atoms with Gasteiger partial charge in [0.2, 0.25) is 0 Å². The lowest BCUT2D eigenvalue weighted by Gasteiger charge is -1.97. The van der Waals surface area contributed by atoms with E-state index in [9.17, 15) is 4.21 Å². The summed E-state index contributed by atoms with van der Waals surface area (Å²) in [5.74, 6) is 6.49. The van der Waals surface area contributed by atoms with Crippen molar-refractivity contribution in [1.82, 2.24) is 0 Å². The van der Waals surface area contributed by atoms with Crippen LogP contribution in [0.5, 0.6) is 0 Å². The van der Waals surface area contributed by atoms with E-state index >= 15 is 0 Å². The monoisotopic (exact) mass is 484 g/mol. The molecule has 0 amide bonds. The third-order valence-electron chi connectivity index (χ3n) is 3.40. The van der Waals surface area contributed by atoms with Crippen molar-refractivity contribution >= 4 is 42.2 Å². The summed E-state index contributed by atoms with van der Waals surface area (Å²) in [4.78, 5) is 0. The van der Waals surface area contributed by atoms with Crippen molar-refractivity contribution in [3.05, 3.63) is 96.6 Å². The molecule has 5 nitrogen and oxygen atoms in total. The molecule has 0 bridgehead atoms. The van der Waals surface area contributed by atoms with E-state index in [1.807, 2.05) is 42.5 Å². The zero-order valence-corrected chi connectivity index (χ0v) is 18.7. The highest BCUT2D eigenvalue weighted by molar-refractivity contribution is 8.76. The van der Waals surface area contributed by atoms with Crippen LogP contribution in [-0.4, -0.2) is 4.21 Å². The molecule has 0 aliphatic heterocycles. The third-order valence-corrected chi connectivity index (χ3v) is 8.26. The summed E-state index contributed by atoms with van der Waals surface area (Å²) in [7, 11) is 3.92. The maximum atomic E-state index is 11.6. The van der Waals surface area contributed by atoms with Crippen LogP contribution in [-0.2, 0) is 32.8 Å². The Hall–Kier alpha value is -1.68. The zero-order valence-electron chi connectivity index (χ0n) is 15.4. The summed E-state index contributed by atoms with van der Waals surface area (Å²) in [6.45, 7) is 0. The first-order valence-electron chi connectivity index (χ1n) is 8.65. The lowest BCUT2D eigenvalue weighted by atomic mass is 10.5. The first kappa shape index (κ1) is 24.6. The molecular weight excluding hydrogens is 460 g/mol. The Labute approximate surface area is 190 Å². The second-order valence-corrected chi connectivity index (χ2v) is 11.3. The fourth-order valence-corrected chi connectivity index (χ4v) is 6.22. The van der Waals surface area contributed by atoms with Gasteiger partial charge in [-0.25, -0.2) is 4.21 Å². The minimum absolute atomic E-state index is 0. The van der Waals surface area contributed by atoms with Gasteiger partial charge in [-0.15, -0.1) is 0 Å². The van der Waals surface area contributed by atoms with E-state index in [2.05, 4.69) is 0 Å². The molecule has 0 spiro atoms. The van der Waals surface area contributed by atoms with Crippen LogP contribution in [0.25, 0.3) is 0 Å². The topological polar surface area (TPSA) is 69.6 Å². The van der Waals surface area contributed by atoms with E-state index in [1.165, 1.54) is 10.8 Å². The van der Waals surface area contributed by atoms with Crippen LogP contribution >= 0.6 is 32.4 Å². The van der Waals surface area contributed by atoms with Gasteiger partial charge in [-0.1, -0.05) is 39.8 Å². The van der Waals surface area contributed by atoms with Gasteiger partial charge in [-0.2, -0.15) is 0 Å². The van der Waals surface area contributed by atoms with Crippen LogP contribution < -0.4 is 0 Å². The molecule has 0 aromatic carbocycles. The Balaban J connectivity index is 0.000000207. The van der Waals surface area contributed by atoms with Gasteiger partial charge in [-0.3, -0.25) is 0 Å². The number of hydrogen-bond donors (Lipinski definition) is 0. The summed E-state index contributed by atoms with van der Waals surface area (Å²) in [6.07, 6.45) is 6.61. The molecule has 0 radical (unpaired) electrons. The highest BCUT2D eigenvalue weighted by Gasteiger charge is 2.06. The van der Waals surface area contributed by atoms with Crippen molar-refractivity contribution in [2.75, 3.05) is 0 Å². The molecule has 1 unspecified atom stereocenters. The second-order valence-electron chi connectivity index (χ2n) is 5.55. The lowest BCUT2D eigenvalue weighted by Crippen LogP contribution is -1.89. The van der Waals surface area contributed by atoms with E-state index in [0.29, 0.717) is 11.5 Å². The minimum atomic E-state index is -0.971. The van der Waals surface area contributed by atoms with Crippen LogP contribution in [0, 0.1) is 0 Å². The highest BCUT2D eigenvalue weighted by atomic mass is 33.1. The fraction of sp³-hybridized carbons (Fsp3) is 0.238. The third kappa shape index (κ3) is 9.42. The lowest BCUT2D eigenvalue weighted by molar-refractivity contribution is 0.528. The van der Waals surface area contributed by atoms with Crippen molar-refractivity contribution in [2.24, 2.45) is 0 Å². The maximum absolute atomic E-state index is 11.6. The van der Waals surface area contributed by atoms with Crippen LogP contribution in [0.3, 0.4) is 0 Å². The van der Waals surface area contributed by atoms with Gasteiger partial charge < -0.3 is 17.7 Å². The number of furan rings is 4. The Morgan fingerprint density at radius 1 is 0.633 bits per heavy atom. The van der Waals surface area contributed by atoms with Gasteiger partial charge in [0.25, 0.3) is 0 Å².